The van der Waals surface area contributed by atoms with E-state index in [1.807, 2.05) is 36.4 Å². The van der Waals surface area contributed by atoms with Gasteiger partial charge < -0.3 is 14.2 Å². The van der Waals surface area contributed by atoms with Gasteiger partial charge in [-0.2, -0.15) is 13.2 Å². The van der Waals surface area contributed by atoms with Crippen molar-refractivity contribution in [2.75, 3.05) is 18.6 Å². The van der Waals surface area contributed by atoms with Crippen molar-refractivity contribution in [3.8, 4) is 5.75 Å². The first-order chi connectivity index (χ1) is 19.9. The first-order valence-electron chi connectivity index (χ1n) is 13.0. The molecule has 0 aliphatic carbocycles. The van der Waals surface area contributed by atoms with Gasteiger partial charge >= 0.3 is 6.18 Å². The third kappa shape index (κ3) is 5.54. The molecule has 42 heavy (non-hydrogen) atoms. The van der Waals surface area contributed by atoms with Gasteiger partial charge in [-0.1, -0.05) is 68.3 Å². The molecule has 2 atom stereocenters. The van der Waals surface area contributed by atoms with Gasteiger partial charge in [0.15, 0.2) is 5.41 Å². The summed E-state index contributed by atoms with van der Waals surface area (Å²) in [5.41, 5.74) is -1.54. The number of methoxy groups -OCH3 is 1. The van der Waals surface area contributed by atoms with Crippen molar-refractivity contribution in [1.82, 2.24) is 4.57 Å². The van der Waals surface area contributed by atoms with Crippen LogP contribution in [0.3, 0.4) is 0 Å². The zero-order chi connectivity index (χ0) is 30.2. The Morgan fingerprint density at radius 1 is 0.881 bits per heavy atom. The summed E-state index contributed by atoms with van der Waals surface area (Å²) in [6.07, 6.45) is -6.68. The van der Waals surface area contributed by atoms with Gasteiger partial charge in [-0.25, -0.2) is 4.39 Å². The standard InChI is InChI=1S/C32H26Br2F4N2O2/c1-31(32(36,37)38,20-7-4-3-5-8-20)30(41)39(24-9-6-10-25(17-24)42-2)18-23(35)19-40-28-13-11-21(33)15-26(28)27-16-22(34)12-14-29(27)40/h3-17,23H,18-19H2,1-2H3/t23?,31-/m0/s1. The number of aromatic nitrogens is 1. The molecule has 5 aromatic rings. The SMILES string of the molecule is COc1cccc(N(CC(F)Cn2c3ccc(Br)cc3c3cc(Br)ccc32)C(=O)[C@](C)(c2ccccc2)C(F)(F)F)c1. The molecular formula is C32H26Br2F4N2O2. The predicted octanol–water partition coefficient (Wildman–Crippen LogP) is 9.22. The van der Waals surface area contributed by atoms with Crippen molar-refractivity contribution < 1.29 is 27.1 Å². The molecule has 10 heteroatoms. The quantitative estimate of drug-likeness (QED) is 0.151. The van der Waals surface area contributed by atoms with Crippen LogP contribution in [0.25, 0.3) is 21.8 Å². The van der Waals surface area contributed by atoms with Crippen molar-refractivity contribution in [3.63, 3.8) is 0 Å². The summed E-state index contributed by atoms with van der Waals surface area (Å²) in [6.45, 7) is 0.0393. The average Bonchev–Trinajstić information content (AvgIpc) is 3.26. The molecule has 0 spiro atoms. The maximum Gasteiger partial charge on any atom is 0.406 e. The summed E-state index contributed by atoms with van der Waals surface area (Å²) in [7, 11) is 1.41. The first-order valence-corrected chi connectivity index (χ1v) is 14.6. The Morgan fingerprint density at radius 2 is 1.48 bits per heavy atom. The van der Waals surface area contributed by atoms with Gasteiger partial charge in [0.25, 0.3) is 0 Å². The van der Waals surface area contributed by atoms with E-state index in [0.29, 0.717) is 5.75 Å². The minimum atomic E-state index is -4.96. The monoisotopic (exact) mass is 704 g/mol. The zero-order valence-corrected chi connectivity index (χ0v) is 25.8. The summed E-state index contributed by atoms with van der Waals surface area (Å²) >= 11 is 6.99. The van der Waals surface area contributed by atoms with E-state index in [2.05, 4.69) is 31.9 Å². The highest BCUT2D eigenvalue weighted by molar-refractivity contribution is 9.10. The van der Waals surface area contributed by atoms with E-state index in [4.69, 9.17) is 4.74 Å². The molecule has 5 rings (SSSR count). The maximum atomic E-state index is 16.2. The summed E-state index contributed by atoms with van der Waals surface area (Å²) < 4.78 is 69.2. The molecule has 0 fully saturated rings. The largest absolute Gasteiger partial charge is 0.497 e. The number of halogens is 6. The number of nitrogens with zero attached hydrogens (tertiary/aromatic N) is 2. The van der Waals surface area contributed by atoms with E-state index in [1.165, 1.54) is 43.5 Å². The van der Waals surface area contributed by atoms with Crippen molar-refractivity contribution in [2.45, 2.75) is 31.2 Å². The van der Waals surface area contributed by atoms with Gasteiger partial charge in [0.1, 0.15) is 11.9 Å². The first kappa shape index (κ1) is 30.1. The Hall–Kier alpha value is -3.37. The fraction of sp³-hybridized carbons (Fsp3) is 0.219. The number of alkyl halides is 4. The van der Waals surface area contributed by atoms with Crippen LogP contribution in [0, 0.1) is 0 Å². The molecule has 218 valence electrons. The molecule has 1 unspecified atom stereocenters. The lowest BCUT2D eigenvalue weighted by Gasteiger charge is -2.37. The lowest BCUT2D eigenvalue weighted by Crippen LogP contribution is -2.55. The van der Waals surface area contributed by atoms with Crippen LogP contribution < -0.4 is 9.64 Å². The van der Waals surface area contributed by atoms with Crippen LogP contribution >= 0.6 is 31.9 Å². The molecule has 4 aromatic carbocycles. The van der Waals surface area contributed by atoms with Gasteiger partial charge in [0.05, 0.1) is 20.2 Å². The lowest BCUT2D eigenvalue weighted by atomic mass is 9.80. The Kier molecular flexibility index (Phi) is 8.40. The van der Waals surface area contributed by atoms with Crippen LogP contribution in [0.1, 0.15) is 12.5 Å². The molecule has 1 heterocycles. The molecule has 0 N–H and O–H groups in total. The lowest BCUT2D eigenvalue weighted by molar-refractivity contribution is -0.189. The third-order valence-corrected chi connectivity index (χ3v) is 8.49. The fourth-order valence-corrected chi connectivity index (χ4v) is 5.96. The Labute approximate surface area is 257 Å². The number of ether oxygens (including phenoxy) is 1. The maximum absolute atomic E-state index is 16.2. The minimum absolute atomic E-state index is 0.100. The number of carbonyl (C=O) groups is 1. The van der Waals surface area contributed by atoms with Gasteiger partial charge in [-0.15, -0.1) is 0 Å². The zero-order valence-electron chi connectivity index (χ0n) is 22.6. The van der Waals surface area contributed by atoms with Gasteiger partial charge in [0, 0.05) is 42.5 Å². The van der Waals surface area contributed by atoms with E-state index in [9.17, 15) is 18.0 Å². The molecule has 0 saturated carbocycles. The van der Waals surface area contributed by atoms with Crippen LogP contribution in [0.5, 0.6) is 5.75 Å². The van der Waals surface area contributed by atoms with E-state index in [0.717, 1.165) is 42.6 Å². The van der Waals surface area contributed by atoms with Crippen LogP contribution in [-0.4, -0.2) is 36.5 Å². The topological polar surface area (TPSA) is 34.5 Å². The second-order valence-electron chi connectivity index (χ2n) is 10.1. The highest BCUT2D eigenvalue weighted by atomic mass is 79.9. The Balaban J connectivity index is 1.58. The molecule has 0 bridgehead atoms. The number of amides is 1. The molecule has 4 nitrogen and oxygen atoms in total. The highest BCUT2D eigenvalue weighted by Crippen LogP contribution is 2.43. The number of carbonyl (C=O) groups excluding carboxylic acids is 1. The highest BCUT2D eigenvalue weighted by Gasteiger charge is 2.59. The predicted molar refractivity (Wildman–Crippen MR) is 165 cm³/mol. The average molecular weight is 706 g/mol. The van der Waals surface area contributed by atoms with E-state index < -0.39 is 30.2 Å². The number of benzene rings is 4. The number of anilines is 1. The summed E-state index contributed by atoms with van der Waals surface area (Å²) in [5.74, 6) is -0.958. The van der Waals surface area contributed by atoms with Crippen LogP contribution in [0.15, 0.2) is 99.9 Å². The van der Waals surface area contributed by atoms with Crippen molar-refractivity contribution >= 4 is 65.3 Å². The van der Waals surface area contributed by atoms with E-state index in [-0.39, 0.29) is 17.8 Å². The number of hydrogen-bond donors (Lipinski definition) is 0. The van der Waals surface area contributed by atoms with Crippen LogP contribution in [0.2, 0.25) is 0 Å². The Morgan fingerprint density at radius 3 is 2.02 bits per heavy atom. The number of rotatable bonds is 8. The third-order valence-electron chi connectivity index (χ3n) is 7.51. The smallest absolute Gasteiger partial charge is 0.406 e. The van der Waals surface area contributed by atoms with Gasteiger partial charge in [-0.05, 0) is 61.0 Å². The fourth-order valence-electron chi connectivity index (χ4n) is 5.23. The summed E-state index contributed by atoms with van der Waals surface area (Å²) in [6, 6.07) is 24.3. The summed E-state index contributed by atoms with van der Waals surface area (Å²) in [4.78, 5) is 14.9. The molecule has 0 aliphatic heterocycles. The molecule has 1 aromatic heterocycles. The molecule has 1 amide bonds. The van der Waals surface area contributed by atoms with E-state index >= 15 is 4.39 Å². The minimum Gasteiger partial charge on any atom is -0.497 e. The van der Waals surface area contributed by atoms with E-state index in [1.54, 1.807) is 22.8 Å². The van der Waals surface area contributed by atoms with Crippen molar-refractivity contribution in [3.05, 3.63) is 106 Å². The molecule has 0 aliphatic rings. The van der Waals surface area contributed by atoms with Crippen LogP contribution in [-0.2, 0) is 16.8 Å². The number of fused-ring (bicyclic) bond motifs is 3. The number of hydrogen-bond acceptors (Lipinski definition) is 2. The normalized spacial score (nSPS) is 14.1. The molecule has 0 radical (unpaired) electrons. The van der Waals surface area contributed by atoms with Gasteiger partial charge in [0.2, 0.25) is 5.91 Å². The molecular weight excluding hydrogens is 680 g/mol. The summed E-state index contributed by atoms with van der Waals surface area (Å²) in [5, 5.41) is 1.78. The van der Waals surface area contributed by atoms with Crippen molar-refractivity contribution in [2.24, 2.45) is 0 Å². The molecule has 0 saturated heterocycles. The second-order valence-corrected chi connectivity index (χ2v) is 12.0. The van der Waals surface area contributed by atoms with Crippen LogP contribution in [0.4, 0.5) is 23.2 Å². The second kappa shape index (κ2) is 11.7. The van der Waals surface area contributed by atoms with Gasteiger partial charge in [-0.3, -0.25) is 4.79 Å². The Bertz CT molecular complexity index is 1700. The van der Waals surface area contributed by atoms with Crippen molar-refractivity contribution in [1.29, 1.82) is 0 Å².